The Kier molecular flexibility index (Phi) is 4.62. The third kappa shape index (κ3) is 3.00. The molecule has 0 radical (unpaired) electrons. The van der Waals surface area contributed by atoms with Gasteiger partial charge in [0.2, 0.25) is 0 Å². The van der Waals surface area contributed by atoms with Gasteiger partial charge in [0.25, 0.3) is 0 Å². The maximum Gasteiger partial charge on any atom is 0.169 e. The van der Waals surface area contributed by atoms with Gasteiger partial charge in [-0.05, 0) is 40.2 Å². The molecule has 0 saturated carbocycles. The van der Waals surface area contributed by atoms with Gasteiger partial charge in [-0.3, -0.25) is 0 Å². The first-order chi connectivity index (χ1) is 9.04. The lowest BCUT2D eigenvalue weighted by molar-refractivity contribution is 0.119. The van der Waals surface area contributed by atoms with Crippen LogP contribution in [0, 0.1) is 5.82 Å². The van der Waals surface area contributed by atoms with Crippen LogP contribution in [0.2, 0.25) is 5.02 Å². The summed E-state index contributed by atoms with van der Waals surface area (Å²) >= 11 is 9.14. The molecule has 0 amide bonds. The van der Waals surface area contributed by atoms with Crippen molar-refractivity contribution in [2.45, 2.75) is 12.0 Å². The largest absolute Gasteiger partial charge is 0.452 e. The molecule has 0 fully saturated rings. The molecule has 0 aliphatic rings. The highest BCUT2D eigenvalue weighted by atomic mass is 79.9. The Bertz CT molecular complexity index is 555. The van der Waals surface area contributed by atoms with E-state index in [4.69, 9.17) is 21.8 Å². The van der Waals surface area contributed by atoms with E-state index in [2.05, 4.69) is 15.9 Å². The van der Waals surface area contributed by atoms with Crippen molar-refractivity contribution < 1.29 is 13.9 Å². The molecule has 3 nitrogen and oxygen atoms in total. The number of nitrogens with two attached hydrogens (primary N) is 1. The maximum atomic E-state index is 13.9. The number of hydrogen-bond acceptors (Lipinski definition) is 3. The first-order valence-electron chi connectivity index (χ1n) is 5.62. The predicted molar refractivity (Wildman–Crippen MR) is 74.6 cm³/mol. The number of hydrogen-bond donors (Lipinski definition) is 2. The van der Waals surface area contributed by atoms with E-state index in [9.17, 15) is 9.50 Å². The zero-order valence-electron chi connectivity index (χ0n) is 9.82. The minimum Gasteiger partial charge on any atom is -0.452 e. The average molecular weight is 349 g/mol. The molecule has 2 atom stereocenters. The predicted octanol–water partition coefficient (Wildman–Crippen LogP) is 3.61. The summed E-state index contributed by atoms with van der Waals surface area (Å²) in [4.78, 5) is 0. The molecular formula is C13H12BrClFNO2. The highest BCUT2D eigenvalue weighted by Gasteiger charge is 2.28. The van der Waals surface area contributed by atoms with E-state index in [0.29, 0.717) is 10.4 Å². The third-order valence-corrected chi connectivity index (χ3v) is 3.65. The molecular weight excluding hydrogens is 337 g/mol. The molecule has 6 heteroatoms. The molecule has 0 bridgehead atoms. The van der Waals surface area contributed by atoms with Gasteiger partial charge in [-0.2, -0.15) is 0 Å². The van der Waals surface area contributed by atoms with Crippen LogP contribution in [0.25, 0.3) is 0 Å². The zero-order chi connectivity index (χ0) is 14.0. The Morgan fingerprint density at radius 3 is 2.63 bits per heavy atom. The van der Waals surface area contributed by atoms with Crippen LogP contribution < -0.4 is 5.73 Å². The summed E-state index contributed by atoms with van der Waals surface area (Å²) in [6.07, 6.45) is -1.06. The molecule has 102 valence electrons. The second-order valence-corrected chi connectivity index (χ2v) is 5.25. The monoisotopic (exact) mass is 347 g/mol. The quantitative estimate of drug-likeness (QED) is 0.887. The molecule has 1 heterocycles. The molecule has 1 aromatic carbocycles. The fourth-order valence-electron chi connectivity index (χ4n) is 1.96. The van der Waals surface area contributed by atoms with Crippen LogP contribution in [0.5, 0.6) is 0 Å². The fourth-order valence-corrected chi connectivity index (χ4v) is 2.58. The molecule has 2 aromatic rings. The standard InChI is InChI=1S/C13H12BrClFNO2/c14-11-5-4-10(19-11)13(18)7(6-17)12-8(15)2-1-3-9(12)16/h1-5,7,13,18H,6,17H2. The van der Waals surface area contributed by atoms with Gasteiger partial charge in [0, 0.05) is 23.0 Å². The Morgan fingerprint density at radius 1 is 1.37 bits per heavy atom. The van der Waals surface area contributed by atoms with Crippen LogP contribution in [-0.2, 0) is 0 Å². The van der Waals surface area contributed by atoms with E-state index in [1.807, 2.05) is 0 Å². The minimum atomic E-state index is -1.06. The van der Waals surface area contributed by atoms with Crippen molar-refractivity contribution in [2.75, 3.05) is 6.54 Å². The van der Waals surface area contributed by atoms with Crippen LogP contribution in [0.3, 0.4) is 0 Å². The van der Waals surface area contributed by atoms with E-state index in [1.165, 1.54) is 12.1 Å². The van der Waals surface area contributed by atoms with Crippen molar-refractivity contribution >= 4 is 27.5 Å². The lowest BCUT2D eigenvalue weighted by Crippen LogP contribution is -2.21. The molecule has 19 heavy (non-hydrogen) atoms. The molecule has 0 saturated heterocycles. The Balaban J connectivity index is 2.39. The first-order valence-corrected chi connectivity index (χ1v) is 6.79. The van der Waals surface area contributed by atoms with Crippen molar-refractivity contribution in [3.63, 3.8) is 0 Å². The smallest absolute Gasteiger partial charge is 0.169 e. The summed E-state index contributed by atoms with van der Waals surface area (Å²) in [5, 5.41) is 10.5. The second-order valence-electron chi connectivity index (χ2n) is 4.06. The number of benzene rings is 1. The van der Waals surface area contributed by atoms with Gasteiger partial charge in [0.1, 0.15) is 17.7 Å². The van der Waals surface area contributed by atoms with E-state index >= 15 is 0 Å². The van der Waals surface area contributed by atoms with Crippen LogP contribution in [0.1, 0.15) is 23.3 Å². The zero-order valence-corrected chi connectivity index (χ0v) is 12.2. The van der Waals surface area contributed by atoms with Crippen molar-refractivity contribution in [2.24, 2.45) is 5.73 Å². The van der Waals surface area contributed by atoms with Crippen molar-refractivity contribution in [3.05, 3.63) is 57.2 Å². The SMILES string of the molecule is NCC(c1c(F)cccc1Cl)C(O)c1ccc(Br)o1. The number of aliphatic hydroxyl groups is 1. The van der Waals surface area contributed by atoms with Crippen LogP contribution >= 0.6 is 27.5 Å². The fraction of sp³-hybridized carbons (Fsp3) is 0.231. The summed E-state index contributed by atoms with van der Waals surface area (Å²) in [5.74, 6) is -0.860. The van der Waals surface area contributed by atoms with Crippen molar-refractivity contribution in [1.29, 1.82) is 0 Å². The lowest BCUT2D eigenvalue weighted by Gasteiger charge is -2.21. The molecule has 0 aliphatic carbocycles. The van der Waals surface area contributed by atoms with Crippen LogP contribution in [-0.4, -0.2) is 11.7 Å². The molecule has 0 aliphatic heterocycles. The van der Waals surface area contributed by atoms with Gasteiger partial charge in [-0.25, -0.2) is 4.39 Å². The van der Waals surface area contributed by atoms with E-state index in [-0.39, 0.29) is 17.1 Å². The highest BCUT2D eigenvalue weighted by molar-refractivity contribution is 9.10. The highest BCUT2D eigenvalue weighted by Crippen LogP contribution is 2.36. The Morgan fingerprint density at radius 2 is 2.11 bits per heavy atom. The molecule has 2 rings (SSSR count). The van der Waals surface area contributed by atoms with Crippen molar-refractivity contribution in [3.8, 4) is 0 Å². The van der Waals surface area contributed by atoms with E-state index in [0.717, 1.165) is 0 Å². The van der Waals surface area contributed by atoms with Gasteiger partial charge in [-0.1, -0.05) is 17.7 Å². The van der Waals surface area contributed by atoms with Gasteiger partial charge < -0.3 is 15.3 Å². The summed E-state index contributed by atoms with van der Waals surface area (Å²) in [5.41, 5.74) is 5.85. The van der Waals surface area contributed by atoms with Gasteiger partial charge in [0.15, 0.2) is 4.67 Å². The van der Waals surface area contributed by atoms with Crippen LogP contribution in [0.15, 0.2) is 39.4 Å². The Labute approximate surface area is 123 Å². The summed E-state index contributed by atoms with van der Waals surface area (Å²) in [6.45, 7) is 0.0418. The maximum absolute atomic E-state index is 13.9. The normalized spacial score (nSPS) is 14.4. The topological polar surface area (TPSA) is 59.4 Å². The molecule has 1 aromatic heterocycles. The molecule has 2 unspecified atom stereocenters. The summed E-state index contributed by atoms with van der Waals surface area (Å²) in [6, 6.07) is 7.61. The van der Waals surface area contributed by atoms with E-state index in [1.54, 1.807) is 18.2 Å². The van der Waals surface area contributed by atoms with Gasteiger partial charge >= 0.3 is 0 Å². The lowest BCUT2D eigenvalue weighted by atomic mass is 9.91. The third-order valence-electron chi connectivity index (χ3n) is 2.89. The number of aliphatic hydroxyl groups excluding tert-OH is 1. The first kappa shape index (κ1) is 14.5. The second kappa shape index (κ2) is 6.05. The molecule has 0 spiro atoms. The van der Waals surface area contributed by atoms with Crippen LogP contribution in [0.4, 0.5) is 4.39 Å². The van der Waals surface area contributed by atoms with Gasteiger partial charge in [-0.15, -0.1) is 0 Å². The Hall–Kier alpha value is -0.880. The minimum absolute atomic E-state index is 0.0418. The van der Waals surface area contributed by atoms with E-state index < -0.39 is 17.8 Å². The summed E-state index contributed by atoms with van der Waals surface area (Å²) in [7, 11) is 0. The number of halogens is 3. The van der Waals surface area contributed by atoms with Crippen molar-refractivity contribution in [1.82, 2.24) is 0 Å². The average Bonchev–Trinajstić information content (AvgIpc) is 2.80. The number of rotatable bonds is 4. The number of furan rings is 1. The molecule has 3 N–H and O–H groups in total. The van der Waals surface area contributed by atoms with Gasteiger partial charge in [0.05, 0.1) is 0 Å². The summed E-state index contributed by atoms with van der Waals surface area (Å²) < 4.78 is 19.6.